The molecule has 136 valence electrons. The number of hydrogen-bond acceptors (Lipinski definition) is 3. The molecule has 0 saturated carbocycles. The van der Waals surface area contributed by atoms with Gasteiger partial charge in [-0.25, -0.2) is 30.4 Å². The minimum absolute atomic E-state index is 0.0971. The topological polar surface area (TPSA) is 47.0 Å². The molecule has 1 unspecified atom stereocenters. The van der Waals surface area contributed by atoms with E-state index >= 15 is 0 Å². The summed E-state index contributed by atoms with van der Waals surface area (Å²) in [6.45, 7) is 1.47. The van der Waals surface area contributed by atoms with Crippen LogP contribution >= 0.6 is 0 Å². The highest BCUT2D eigenvalue weighted by atomic mass is 32.2. The zero-order valence-electron chi connectivity index (χ0n) is 13.0. The number of aromatic nitrogens is 1. The first-order chi connectivity index (χ1) is 11.6. The summed E-state index contributed by atoms with van der Waals surface area (Å²) in [5.74, 6) is -5.41. The molecule has 2 aromatic rings. The fraction of sp³-hybridized carbons (Fsp3) is 0.312. The van der Waals surface area contributed by atoms with Gasteiger partial charge in [-0.2, -0.15) is 0 Å². The standard InChI is InChI=1S/C16H14F5NO2S/c1-9-4-6-22-8-10(9)16(25(23,24)7-5-13(19)20)14-11(17)2-3-12(18)15(14)21/h2-4,6,8,13,16H,5,7H2,1H3. The van der Waals surface area contributed by atoms with Gasteiger partial charge in [0.15, 0.2) is 21.5 Å². The summed E-state index contributed by atoms with van der Waals surface area (Å²) in [6.07, 6.45) is -1.51. The maximum Gasteiger partial charge on any atom is 0.239 e. The van der Waals surface area contributed by atoms with Crippen LogP contribution in [-0.2, 0) is 9.84 Å². The highest BCUT2D eigenvalue weighted by molar-refractivity contribution is 7.91. The van der Waals surface area contributed by atoms with Crippen molar-refractivity contribution in [3.8, 4) is 0 Å². The van der Waals surface area contributed by atoms with E-state index in [-0.39, 0.29) is 5.56 Å². The number of halogens is 5. The van der Waals surface area contributed by atoms with E-state index in [1.165, 1.54) is 19.2 Å². The van der Waals surface area contributed by atoms with Crippen LogP contribution in [0.25, 0.3) is 0 Å². The molecule has 1 atom stereocenters. The van der Waals surface area contributed by atoms with Crippen LogP contribution in [-0.4, -0.2) is 25.6 Å². The van der Waals surface area contributed by atoms with Crippen LogP contribution in [0.15, 0.2) is 30.6 Å². The minimum atomic E-state index is -4.47. The third-order valence-corrected chi connectivity index (χ3v) is 5.70. The predicted molar refractivity (Wildman–Crippen MR) is 81.5 cm³/mol. The Kier molecular flexibility index (Phi) is 5.76. The quantitative estimate of drug-likeness (QED) is 0.564. The Hall–Kier alpha value is -2.03. The highest BCUT2D eigenvalue weighted by Gasteiger charge is 2.36. The van der Waals surface area contributed by atoms with Crippen LogP contribution in [0.5, 0.6) is 0 Å². The lowest BCUT2D eigenvalue weighted by molar-refractivity contribution is 0.144. The zero-order valence-corrected chi connectivity index (χ0v) is 13.8. The van der Waals surface area contributed by atoms with Gasteiger partial charge >= 0.3 is 0 Å². The second-order valence-corrected chi connectivity index (χ2v) is 7.62. The first-order valence-electron chi connectivity index (χ1n) is 7.18. The van der Waals surface area contributed by atoms with E-state index in [1.54, 1.807) is 0 Å². The number of rotatable bonds is 6. The summed E-state index contributed by atoms with van der Waals surface area (Å²) in [5.41, 5.74) is -0.811. The van der Waals surface area contributed by atoms with Crippen LogP contribution in [0.4, 0.5) is 22.0 Å². The van der Waals surface area contributed by atoms with Gasteiger partial charge in [-0.1, -0.05) is 0 Å². The molecule has 2 rings (SSSR count). The second-order valence-electron chi connectivity index (χ2n) is 5.42. The van der Waals surface area contributed by atoms with Crippen LogP contribution in [0.1, 0.15) is 28.4 Å². The summed E-state index contributed by atoms with van der Waals surface area (Å²) in [7, 11) is -4.47. The van der Waals surface area contributed by atoms with Crippen molar-refractivity contribution in [2.24, 2.45) is 0 Å². The molecule has 0 aliphatic rings. The molecule has 0 aliphatic heterocycles. The molecule has 0 amide bonds. The van der Waals surface area contributed by atoms with Gasteiger partial charge in [0.1, 0.15) is 11.1 Å². The Morgan fingerprint density at radius 3 is 2.32 bits per heavy atom. The number of benzene rings is 1. The van der Waals surface area contributed by atoms with Crippen molar-refractivity contribution in [3.05, 3.63) is 64.7 Å². The van der Waals surface area contributed by atoms with E-state index in [2.05, 4.69) is 4.98 Å². The second kappa shape index (κ2) is 7.47. The number of sulfone groups is 1. The van der Waals surface area contributed by atoms with Crippen LogP contribution in [0.2, 0.25) is 0 Å². The summed E-state index contributed by atoms with van der Waals surface area (Å²) in [4.78, 5) is 3.73. The van der Waals surface area contributed by atoms with Gasteiger partial charge < -0.3 is 0 Å². The van der Waals surface area contributed by atoms with Gasteiger partial charge in [0.25, 0.3) is 0 Å². The van der Waals surface area contributed by atoms with E-state index < -0.39 is 56.7 Å². The lowest BCUT2D eigenvalue weighted by Crippen LogP contribution is -2.23. The molecule has 0 aliphatic carbocycles. The van der Waals surface area contributed by atoms with E-state index in [0.717, 1.165) is 6.20 Å². The van der Waals surface area contributed by atoms with Gasteiger partial charge in [-0.15, -0.1) is 0 Å². The van der Waals surface area contributed by atoms with E-state index in [9.17, 15) is 30.4 Å². The Morgan fingerprint density at radius 2 is 1.72 bits per heavy atom. The van der Waals surface area contributed by atoms with Crippen molar-refractivity contribution in [2.75, 3.05) is 5.75 Å². The van der Waals surface area contributed by atoms with Crippen LogP contribution < -0.4 is 0 Å². The van der Waals surface area contributed by atoms with E-state index in [0.29, 0.717) is 17.7 Å². The van der Waals surface area contributed by atoms with Crippen molar-refractivity contribution in [3.63, 3.8) is 0 Å². The highest BCUT2D eigenvalue weighted by Crippen LogP contribution is 2.36. The molecule has 3 nitrogen and oxygen atoms in total. The molecule has 0 spiro atoms. The lowest BCUT2D eigenvalue weighted by Gasteiger charge is -2.21. The first kappa shape index (κ1) is 19.3. The molecule has 25 heavy (non-hydrogen) atoms. The molecule has 0 radical (unpaired) electrons. The SMILES string of the molecule is Cc1ccncc1C(c1c(F)ccc(F)c1F)S(=O)(=O)CCC(F)F. The average Bonchev–Trinajstić information content (AvgIpc) is 2.54. The van der Waals surface area contributed by atoms with Crippen LogP contribution in [0.3, 0.4) is 0 Å². The van der Waals surface area contributed by atoms with E-state index in [1.807, 2.05) is 0 Å². The summed E-state index contributed by atoms with van der Waals surface area (Å²) >= 11 is 0. The molecule has 1 aromatic carbocycles. The van der Waals surface area contributed by atoms with Gasteiger partial charge in [0.05, 0.1) is 5.75 Å². The van der Waals surface area contributed by atoms with Gasteiger partial charge in [0.2, 0.25) is 6.43 Å². The third kappa shape index (κ3) is 4.15. The molecule has 9 heteroatoms. The average molecular weight is 379 g/mol. The fourth-order valence-corrected chi connectivity index (χ4v) is 4.38. The normalized spacial score (nSPS) is 13.2. The smallest absolute Gasteiger partial charge is 0.239 e. The largest absolute Gasteiger partial charge is 0.264 e. The number of aryl methyl sites for hydroxylation is 1. The van der Waals surface area contributed by atoms with Gasteiger partial charge in [-0.3, -0.25) is 4.98 Å². The monoisotopic (exact) mass is 379 g/mol. The molecule has 0 fully saturated rings. The number of alkyl halides is 2. The molecule has 1 aromatic heterocycles. The lowest BCUT2D eigenvalue weighted by atomic mass is 10.0. The fourth-order valence-electron chi connectivity index (χ4n) is 2.43. The van der Waals surface area contributed by atoms with Crippen molar-refractivity contribution in [1.29, 1.82) is 0 Å². The zero-order chi connectivity index (χ0) is 18.8. The van der Waals surface area contributed by atoms with Gasteiger partial charge in [0, 0.05) is 24.4 Å². The van der Waals surface area contributed by atoms with Crippen molar-refractivity contribution >= 4 is 9.84 Å². The molecule has 0 saturated heterocycles. The predicted octanol–water partition coefficient (Wildman–Crippen LogP) is 3.97. The summed E-state index contributed by atoms with van der Waals surface area (Å²) < 4.78 is 92.0. The molecular formula is C16H14F5NO2S. The Morgan fingerprint density at radius 1 is 1.08 bits per heavy atom. The maximum atomic E-state index is 14.2. The van der Waals surface area contributed by atoms with E-state index in [4.69, 9.17) is 0 Å². The Balaban J connectivity index is 2.71. The summed E-state index contributed by atoms with van der Waals surface area (Å²) in [5, 5.41) is -1.98. The van der Waals surface area contributed by atoms with Crippen molar-refractivity contribution < 1.29 is 30.4 Å². The minimum Gasteiger partial charge on any atom is -0.264 e. The Labute approximate surface area is 141 Å². The maximum absolute atomic E-state index is 14.2. The number of hydrogen-bond donors (Lipinski definition) is 0. The molecular weight excluding hydrogens is 365 g/mol. The number of nitrogens with zero attached hydrogens (tertiary/aromatic N) is 1. The van der Waals surface area contributed by atoms with Crippen LogP contribution in [0, 0.1) is 24.4 Å². The summed E-state index contributed by atoms with van der Waals surface area (Å²) in [6, 6.07) is 2.52. The molecule has 1 heterocycles. The first-order valence-corrected chi connectivity index (χ1v) is 8.90. The number of pyridine rings is 1. The van der Waals surface area contributed by atoms with Crippen molar-refractivity contribution in [2.45, 2.75) is 25.0 Å². The van der Waals surface area contributed by atoms with Gasteiger partial charge in [-0.05, 0) is 36.2 Å². The molecule has 0 bridgehead atoms. The molecule has 0 N–H and O–H groups in total. The third-order valence-electron chi connectivity index (χ3n) is 3.68. The Bertz CT molecular complexity index is 871. The van der Waals surface area contributed by atoms with Crippen molar-refractivity contribution in [1.82, 2.24) is 4.98 Å².